The van der Waals surface area contributed by atoms with Crippen molar-refractivity contribution in [3.63, 3.8) is 0 Å². The Bertz CT molecular complexity index is 1520. The fraction of sp³-hybridized carbons (Fsp3) is 0.207. The van der Waals surface area contributed by atoms with Gasteiger partial charge >= 0.3 is 0 Å². The van der Waals surface area contributed by atoms with Crippen molar-refractivity contribution >= 4 is 11.6 Å². The Labute approximate surface area is 210 Å². The first-order valence-corrected chi connectivity index (χ1v) is 12.0. The average Bonchev–Trinajstić information content (AvgIpc) is 3.43. The zero-order valence-corrected chi connectivity index (χ0v) is 20.7. The number of nitrogens with zero attached hydrogens (tertiary/aromatic N) is 4. The number of aryl methyl sites for hydroxylation is 2. The van der Waals surface area contributed by atoms with Crippen LogP contribution in [0.5, 0.6) is 5.75 Å². The Balaban J connectivity index is 1.22. The molecule has 1 N–H and O–H groups in total. The first-order valence-electron chi connectivity index (χ1n) is 12.0. The summed E-state index contributed by atoms with van der Waals surface area (Å²) in [5.41, 5.74) is 7.60. The van der Waals surface area contributed by atoms with Crippen molar-refractivity contribution in [2.45, 2.75) is 40.5 Å². The number of aromatic nitrogens is 4. The second-order valence-electron chi connectivity index (χ2n) is 8.95. The van der Waals surface area contributed by atoms with E-state index in [1.54, 1.807) is 12.1 Å². The Kier molecular flexibility index (Phi) is 6.54. The van der Waals surface area contributed by atoms with Gasteiger partial charge in [-0.25, -0.2) is 4.98 Å². The molecule has 0 aliphatic carbocycles. The van der Waals surface area contributed by atoms with Gasteiger partial charge in [0.2, 0.25) is 0 Å². The van der Waals surface area contributed by atoms with Gasteiger partial charge in [0, 0.05) is 35.8 Å². The molecule has 182 valence electrons. The number of rotatable bonds is 8. The lowest BCUT2D eigenvalue weighted by Gasteiger charge is -2.09. The molecule has 0 aliphatic rings. The van der Waals surface area contributed by atoms with Crippen molar-refractivity contribution in [2.75, 3.05) is 0 Å². The minimum absolute atomic E-state index is 0.154. The molecule has 7 nitrogen and oxygen atoms in total. The molecular weight excluding hydrogens is 450 g/mol. The number of carbonyl (C=O) groups is 1. The van der Waals surface area contributed by atoms with Crippen molar-refractivity contribution in [1.29, 1.82) is 0 Å². The summed E-state index contributed by atoms with van der Waals surface area (Å²) in [6.07, 6.45) is 3.93. The van der Waals surface area contributed by atoms with Crippen LogP contribution in [0.4, 0.5) is 0 Å². The molecule has 36 heavy (non-hydrogen) atoms. The van der Waals surface area contributed by atoms with Crippen LogP contribution in [-0.2, 0) is 19.7 Å². The third kappa shape index (κ3) is 5.00. The molecular formula is C29H29N5O2. The molecule has 5 aromatic rings. The SMILES string of the molecule is Cc1nn(Cc2ccccc2)c(C)c1CNC(=O)c1cccc(OCc2cn3cccc(C)c3n2)c1. The molecule has 0 saturated carbocycles. The molecule has 5 rings (SSSR count). The third-order valence-corrected chi connectivity index (χ3v) is 6.34. The fourth-order valence-electron chi connectivity index (χ4n) is 4.33. The fourth-order valence-corrected chi connectivity index (χ4v) is 4.33. The minimum atomic E-state index is -0.154. The normalized spacial score (nSPS) is 11.1. The third-order valence-electron chi connectivity index (χ3n) is 6.34. The van der Waals surface area contributed by atoms with Crippen LogP contribution in [0.15, 0.2) is 79.1 Å². The van der Waals surface area contributed by atoms with E-state index in [9.17, 15) is 4.79 Å². The molecule has 0 atom stereocenters. The molecule has 3 heterocycles. The van der Waals surface area contributed by atoms with Crippen LogP contribution in [0, 0.1) is 20.8 Å². The summed E-state index contributed by atoms with van der Waals surface area (Å²) in [4.78, 5) is 17.6. The van der Waals surface area contributed by atoms with Crippen LogP contribution < -0.4 is 10.1 Å². The molecule has 2 aromatic carbocycles. The molecule has 0 bridgehead atoms. The topological polar surface area (TPSA) is 73.5 Å². The number of hydrogen-bond donors (Lipinski definition) is 1. The van der Waals surface area contributed by atoms with Gasteiger partial charge in [0.1, 0.15) is 18.0 Å². The summed E-state index contributed by atoms with van der Waals surface area (Å²) < 4.78 is 9.92. The number of pyridine rings is 1. The van der Waals surface area contributed by atoms with E-state index in [4.69, 9.17) is 4.74 Å². The van der Waals surface area contributed by atoms with Crippen LogP contribution in [0.3, 0.4) is 0 Å². The van der Waals surface area contributed by atoms with Crippen molar-refractivity contribution in [3.05, 3.63) is 118 Å². The standard InChI is InChI=1S/C29H29N5O2/c1-20-9-8-14-33-18-25(31-28(20)33)19-36-26-13-7-12-24(15-26)29(35)30-16-27-21(2)32-34(22(27)3)17-23-10-5-4-6-11-23/h4-15,18H,16-17,19H2,1-3H3,(H,30,35). The van der Waals surface area contributed by atoms with Gasteiger partial charge < -0.3 is 14.5 Å². The summed E-state index contributed by atoms with van der Waals surface area (Å²) in [6.45, 7) is 7.49. The Morgan fingerprint density at radius 3 is 2.64 bits per heavy atom. The maximum absolute atomic E-state index is 12.9. The van der Waals surface area contributed by atoms with Crippen molar-refractivity contribution in [1.82, 2.24) is 24.5 Å². The van der Waals surface area contributed by atoms with Gasteiger partial charge in [0.25, 0.3) is 5.91 Å². The molecule has 0 spiro atoms. The van der Waals surface area contributed by atoms with E-state index in [1.807, 2.05) is 84.7 Å². The largest absolute Gasteiger partial charge is 0.487 e. The molecule has 1 amide bonds. The summed E-state index contributed by atoms with van der Waals surface area (Å²) in [5.74, 6) is 0.470. The predicted octanol–water partition coefficient (Wildman–Crippen LogP) is 5.01. The van der Waals surface area contributed by atoms with E-state index in [1.165, 1.54) is 5.56 Å². The molecule has 3 aromatic heterocycles. The number of imidazole rings is 1. The highest BCUT2D eigenvalue weighted by Gasteiger charge is 2.14. The molecule has 0 unspecified atom stereocenters. The van der Waals surface area contributed by atoms with E-state index in [0.29, 0.717) is 31.0 Å². The lowest BCUT2D eigenvalue weighted by atomic mass is 10.1. The van der Waals surface area contributed by atoms with E-state index in [-0.39, 0.29) is 5.91 Å². The van der Waals surface area contributed by atoms with E-state index in [2.05, 4.69) is 27.5 Å². The molecule has 7 heteroatoms. The Morgan fingerprint density at radius 1 is 1.00 bits per heavy atom. The number of hydrogen-bond acceptors (Lipinski definition) is 4. The predicted molar refractivity (Wildman–Crippen MR) is 139 cm³/mol. The number of benzene rings is 2. The number of nitrogens with one attached hydrogen (secondary N) is 1. The molecule has 0 radical (unpaired) electrons. The van der Waals surface area contributed by atoms with Crippen molar-refractivity contribution in [2.24, 2.45) is 0 Å². The van der Waals surface area contributed by atoms with Gasteiger partial charge in [-0.3, -0.25) is 9.48 Å². The van der Waals surface area contributed by atoms with Crippen LogP contribution in [0.1, 0.15) is 44.1 Å². The van der Waals surface area contributed by atoms with Gasteiger partial charge in [-0.1, -0.05) is 42.5 Å². The molecule has 0 fully saturated rings. The summed E-state index contributed by atoms with van der Waals surface area (Å²) in [7, 11) is 0. The van der Waals surface area contributed by atoms with Gasteiger partial charge in [0.05, 0.1) is 17.9 Å². The highest BCUT2D eigenvalue weighted by molar-refractivity contribution is 5.94. The van der Waals surface area contributed by atoms with Crippen molar-refractivity contribution < 1.29 is 9.53 Å². The summed E-state index contributed by atoms with van der Waals surface area (Å²) >= 11 is 0. The van der Waals surface area contributed by atoms with Crippen LogP contribution in [-0.4, -0.2) is 25.1 Å². The lowest BCUT2D eigenvalue weighted by molar-refractivity contribution is 0.0950. The second-order valence-corrected chi connectivity index (χ2v) is 8.95. The smallest absolute Gasteiger partial charge is 0.251 e. The van der Waals surface area contributed by atoms with E-state index < -0.39 is 0 Å². The number of fused-ring (bicyclic) bond motifs is 1. The zero-order chi connectivity index (χ0) is 25.1. The van der Waals surface area contributed by atoms with Crippen LogP contribution >= 0.6 is 0 Å². The Morgan fingerprint density at radius 2 is 1.83 bits per heavy atom. The highest BCUT2D eigenvalue weighted by atomic mass is 16.5. The highest BCUT2D eigenvalue weighted by Crippen LogP contribution is 2.18. The Hall–Kier alpha value is -4.39. The monoisotopic (exact) mass is 479 g/mol. The van der Waals surface area contributed by atoms with Crippen molar-refractivity contribution in [3.8, 4) is 5.75 Å². The summed E-state index contributed by atoms with van der Waals surface area (Å²) in [6, 6.07) is 21.5. The zero-order valence-electron chi connectivity index (χ0n) is 20.7. The van der Waals surface area contributed by atoms with Crippen LogP contribution in [0.2, 0.25) is 0 Å². The number of ether oxygens (including phenoxy) is 1. The minimum Gasteiger partial charge on any atom is -0.487 e. The molecule has 0 aliphatic heterocycles. The lowest BCUT2D eigenvalue weighted by Crippen LogP contribution is -2.23. The van der Waals surface area contributed by atoms with E-state index in [0.717, 1.165) is 33.9 Å². The van der Waals surface area contributed by atoms with Gasteiger partial charge in [-0.15, -0.1) is 0 Å². The van der Waals surface area contributed by atoms with Crippen LogP contribution in [0.25, 0.3) is 5.65 Å². The number of carbonyl (C=O) groups excluding carboxylic acids is 1. The number of amides is 1. The average molecular weight is 480 g/mol. The van der Waals surface area contributed by atoms with Gasteiger partial charge in [-0.2, -0.15) is 5.10 Å². The first-order chi connectivity index (χ1) is 17.5. The van der Waals surface area contributed by atoms with Gasteiger partial charge in [0.15, 0.2) is 0 Å². The van der Waals surface area contributed by atoms with Gasteiger partial charge in [-0.05, 0) is 56.2 Å². The maximum Gasteiger partial charge on any atom is 0.251 e. The van der Waals surface area contributed by atoms with E-state index >= 15 is 0 Å². The first kappa shape index (κ1) is 23.4. The maximum atomic E-state index is 12.9. The molecule has 0 saturated heterocycles. The quantitative estimate of drug-likeness (QED) is 0.339. The second kappa shape index (κ2) is 10.1. The summed E-state index contributed by atoms with van der Waals surface area (Å²) in [5, 5.41) is 7.72.